The number of anilines is 3. The van der Waals surface area contributed by atoms with Gasteiger partial charge in [0.25, 0.3) is 5.91 Å². The van der Waals surface area contributed by atoms with Gasteiger partial charge < -0.3 is 10.2 Å². The number of hydrogen-bond donors (Lipinski definition) is 2. The first kappa shape index (κ1) is 19.2. The highest BCUT2D eigenvalue weighted by atomic mass is 35.5. The maximum absolute atomic E-state index is 12.5. The van der Waals surface area contributed by atoms with Crippen LogP contribution in [0, 0.1) is 0 Å². The lowest BCUT2D eigenvalue weighted by atomic mass is 10.2. The molecule has 3 rings (SSSR count). The summed E-state index contributed by atoms with van der Waals surface area (Å²) in [6, 6.07) is 11.2. The molecule has 0 aromatic heterocycles. The Balaban J connectivity index is 1.75. The first-order valence-corrected chi connectivity index (χ1v) is 10.5. The molecule has 0 spiro atoms. The summed E-state index contributed by atoms with van der Waals surface area (Å²) in [5.74, 6) is -0.379. The molecule has 1 heterocycles. The van der Waals surface area contributed by atoms with E-state index in [2.05, 4.69) is 10.0 Å². The molecule has 7 nitrogen and oxygen atoms in total. The molecule has 0 unspecified atom stereocenters. The van der Waals surface area contributed by atoms with E-state index in [1.54, 1.807) is 29.2 Å². The zero-order valence-corrected chi connectivity index (χ0v) is 16.1. The Labute approximate surface area is 162 Å². The molecule has 2 amide bonds. The van der Waals surface area contributed by atoms with Crippen molar-refractivity contribution in [3.05, 3.63) is 53.1 Å². The van der Waals surface area contributed by atoms with Crippen LogP contribution in [0.3, 0.4) is 0 Å². The number of hydrogen-bond acceptors (Lipinski definition) is 4. The number of amides is 2. The van der Waals surface area contributed by atoms with Gasteiger partial charge in [-0.05, 0) is 48.9 Å². The summed E-state index contributed by atoms with van der Waals surface area (Å²) in [5, 5.41) is 2.91. The highest BCUT2D eigenvalue weighted by Crippen LogP contribution is 2.25. The second kappa shape index (κ2) is 7.58. The molecule has 0 atom stereocenters. The molecule has 27 heavy (non-hydrogen) atoms. The van der Waals surface area contributed by atoms with E-state index < -0.39 is 15.9 Å². The van der Waals surface area contributed by atoms with E-state index in [4.69, 9.17) is 11.6 Å². The summed E-state index contributed by atoms with van der Waals surface area (Å²) in [6.07, 6.45) is 2.41. The van der Waals surface area contributed by atoms with Gasteiger partial charge in [-0.25, -0.2) is 8.42 Å². The third-order valence-electron chi connectivity index (χ3n) is 4.02. The molecule has 1 fully saturated rings. The van der Waals surface area contributed by atoms with Crippen LogP contribution >= 0.6 is 11.6 Å². The number of nitrogens with zero attached hydrogens (tertiary/aromatic N) is 1. The van der Waals surface area contributed by atoms with Crippen molar-refractivity contribution in [1.29, 1.82) is 0 Å². The van der Waals surface area contributed by atoms with Crippen LogP contribution in [0.5, 0.6) is 0 Å². The second-order valence-corrected chi connectivity index (χ2v) is 8.37. The van der Waals surface area contributed by atoms with Crippen molar-refractivity contribution in [2.24, 2.45) is 0 Å². The molecular formula is C18H18ClN3O4S. The highest BCUT2D eigenvalue weighted by Gasteiger charge is 2.21. The van der Waals surface area contributed by atoms with Gasteiger partial charge in [0, 0.05) is 30.0 Å². The fourth-order valence-electron chi connectivity index (χ4n) is 2.82. The topological polar surface area (TPSA) is 95.6 Å². The average molecular weight is 408 g/mol. The zero-order chi connectivity index (χ0) is 19.6. The second-order valence-electron chi connectivity index (χ2n) is 6.22. The van der Waals surface area contributed by atoms with Crippen LogP contribution in [0.1, 0.15) is 23.2 Å². The lowest BCUT2D eigenvalue weighted by Crippen LogP contribution is -2.23. The van der Waals surface area contributed by atoms with Gasteiger partial charge in [0.15, 0.2) is 0 Å². The summed E-state index contributed by atoms with van der Waals surface area (Å²) in [7, 11) is -3.47. The fraction of sp³-hybridized carbons (Fsp3) is 0.222. The molecule has 0 saturated carbocycles. The summed E-state index contributed by atoms with van der Waals surface area (Å²) in [6.45, 7) is 0.695. The Morgan fingerprint density at radius 1 is 1.11 bits per heavy atom. The van der Waals surface area contributed by atoms with E-state index in [0.29, 0.717) is 18.7 Å². The first-order chi connectivity index (χ1) is 12.7. The van der Waals surface area contributed by atoms with Gasteiger partial charge in [-0.3, -0.25) is 14.3 Å². The molecule has 142 valence electrons. The minimum atomic E-state index is -3.47. The molecule has 0 bridgehead atoms. The standard InChI is InChI=1S/C18H18ClN3O4S/c1-27(25,26)21-13-6-9-16(19)15(11-13)18(24)20-12-4-7-14(8-5-12)22-10-2-3-17(22)23/h4-9,11,21H,2-3,10H2,1H3,(H,20,24). The molecule has 1 aliphatic heterocycles. The first-order valence-electron chi connectivity index (χ1n) is 8.22. The average Bonchev–Trinajstić information content (AvgIpc) is 3.02. The molecule has 2 aromatic carbocycles. The fourth-order valence-corrected chi connectivity index (χ4v) is 3.58. The van der Waals surface area contributed by atoms with Crippen LogP contribution in [-0.2, 0) is 14.8 Å². The van der Waals surface area contributed by atoms with Crippen LogP contribution in [0.25, 0.3) is 0 Å². The summed E-state index contributed by atoms with van der Waals surface area (Å²) >= 11 is 6.07. The maximum atomic E-state index is 12.5. The number of benzene rings is 2. The van der Waals surface area contributed by atoms with Crippen molar-refractivity contribution in [3.8, 4) is 0 Å². The SMILES string of the molecule is CS(=O)(=O)Nc1ccc(Cl)c(C(=O)Nc2ccc(N3CCCC3=O)cc2)c1. The lowest BCUT2D eigenvalue weighted by Gasteiger charge is -2.16. The maximum Gasteiger partial charge on any atom is 0.257 e. The molecule has 2 aromatic rings. The zero-order valence-electron chi connectivity index (χ0n) is 14.5. The van der Waals surface area contributed by atoms with E-state index in [-0.39, 0.29) is 22.2 Å². The lowest BCUT2D eigenvalue weighted by molar-refractivity contribution is -0.117. The predicted molar refractivity (Wildman–Crippen MR) is 106 cm³/mol. The third-order valence-corrected chi connectivity index (χ3v) is 4.96. The van der Waals surface area contributed by atoms with Crippen LogP contribution < -0.4 is 14.9 Å². The molecule has 1 aliphatic rings. The Hall–Kier alpha value is -2.58. The van der Waals surface area contributed by atoms with Crippen LogP contribution in [0.4, 0.5) is 17.1 Å². The predicted octanol–water partition coefficient (Wildman–Crippen LogP) is 3.09. The Bertz CT molecular complexity index is 990. The minimum absolute atomic E-state index is 0.0914. The normalized spacial score (nSPS) is 14.3. The highest BCUT2D eigenvalue weighted by molar-refractivity contribution is 7.92. The summed E-state index contributed by atoms with van der Waals surface area (Å²) < 4.78 is 25.0. The van der Waals surface area contributed by atoms with Gasteiger partial charge in [-0.1, -0.05) is 11.6 Å². The minimum Gasteiger partial charge on any atom is -0.322 e. The number of rotatable bonds is 5. The quantitative estimate of drug-likeness (QED) is 0.796. The van der Waals surface area contributed by atoms with Gasteiger partial charge in [-0.2, -0.15) is 0 Å². The largest absolute Gasteiger partial charge is 0.322 e. The molecular weight excluding hydrogens is 390 g/mol. The van der Waals surface area contributed by atoms with Crippen LogP contribution in [-0.4, -0.2) is 33.0 Å². The van der Waals surface area contributed by atoms with Gasteiger partial charge in [0.05, 0.1) is 16.8 Å². The van der Waals surface area contributed by atoms with Crippen LogP contribution in [0.2, 0.25) is 5.02 Å². The van der Waals surface area contributed by atoms with E-state index in [9.17, 15) is 18.0 Å². The van der Waals surface area contributed by atoms with Crippen molar-refractivity contribution in [3.63, 3.8) is 0 Å². The van der Waals surface area contributed by atoms with E-state index in [1.165, 1.54) is 18.2 Å². The molecule has 2 N–H and O–H groups in total. The van der Waals surface area contributed by atoms with Crippen molar-refractivity contribution in [1.82, 2.24) is 0 Å². The monoisotopic (exact) mass is 407 g/mol. The van der Waals surface area contributed by atoms with Gasteiger partial charge in [-0.15, -0.1) is 0 Å². The molecule has 0 radical (unpaired) electrons. The Morgan fingerprint density at radius 3 is 2.37 bits per heavy atom. The van der Waals surface area contributed by atoms with E-state index >= 15 is 0 Å². The van der Waals surface area contributed by atoms with Gasteiger partial charge in [0.2, 0.25) is 15.9 Å². The van der Waals surface area contributed by atoms with Crippen molar-refractivity contribution in [2.75, 3.05) is 27.7 Å². The molecule has 1 saturated heterocycles. The number of carbonyl (C=O) groups is 2. The van der Waals surface area contributed by atoms with Crippen molar-refractivity contribution >= 4 is 50.5 Å². The summed E-state index contributed by atoms with van der Waals surface area (Å²) in [5.41, 5.74) is 1.71. The summed E-state index contributed by atoms with van der Waals surface area (Å²) in [4.78, 5) is 26.0. The number of carbonyl (C=O) groups excluding carboxylic acids is 2. The number of nitrogens with one attached hydrogen (secondary N) is 2. The smallest absolute Gasteiger partial charge is 0.257 e. The number of halogens is 1. The van der Waals surface area contributed by atoms with E-state index in [1.807, 2.05) is 0 Å². The number of sulfonamides is 1. The van der Waals surface area contributed by atoms with Crippen LogP contribution in [0.15, 0.2) is 42.5 Å². The Kier molecular flexibility index (Phi) is 5.38. The molecule has 9 heteroatoms. The van der Waals surface area contributed by atoms with Crippen molar-refractivity contribution in [2.45, 2.75) is 12.8 Å². The van der Waals surface area contributed by atoms with Gasteiger partial charge >= 0.3 is 0 Å². The molecule has 0 aliphatic carbocycles. The van der Waals surface area contributed by atoms with Gasteiger partial charge in [0.1, 0.15) is 0 Å². The van der Waals surface area contributed by atoms with Crippen molar-refractivity contribution < 1.29 is 18.0 Å². The van der Waals surface area contributed by atoms with E-state index in [0.717, 1.165) is 18.4 Å². The third kappa shape index (κ3) is 4.78. The Morgan fingerprint density at radius 2 is 1.78 bits per heavy atom.